The number of aryl methyl sites for hydroxylation is 1. The predicted molar refractivity (Wildman–Crippen MR) is 125 cm³/mol. The average Bonchev–Trinajstić information content (AvgIpc) is 3.33. The lowest BCUT2D eigenvalue weighted by atomic mass is 10.1. The summed E-state index contributed by atoms with van der Waals surface area (Å²) in [4.78, 5) is 0. The molecule has 0 spiro atoms. The number of halogens is 1. The van der Waals surface area contributed by atoms with Gasteiger partial charge in [-0.1, -0.05) is 48.0 Å². The van der Waals surface area contributed by atoms with Crippen LogP contribution in [0.15, 0.2) is 73.2 Å². The Morgan fingerprint density at radius 3 is 2.73 bits per heavy atom. The van der Waals surface area contributed by atoms with Crippen molar-refractivity contribution < 1.29 is 0 Å². The van der Waals surface area contributed by atoms with Crippen LogP contribution in [0.3, 0.4) is 0 Å². The normalized spacial score (nSPS) is 10.7. The third kappa shape index (κ3) is 5.25. The van der Waals surface area contributed by atoms with Gasteiger partial charge in [0.25, 0.3) is 0 Å². The summed E-state index contributed by atoms with van der Waals surface area (Å²) >= 11 is 11.5. The van der Waals surface area contributed by atoms with E-state index in [1.807, 2.05) is 64.2 Å². The summed E-state index contributed by atoms with van der Waals surface area (Å²) in [6.45, 7) is 3.44. The summed E-state index contributed by atoms with van der Waals surface area (Å²) in [7, 11) is 0. The van der Waals surface area contributed by atoms with Gasteiger partial charge in [0.05, 0.1) is 25.0 Å². The van der Waals surface area contributed by atoms with Gasteiger partial charge in [-0.2, -0.15) is 10.2 Å². The first-order valence-electron chi connectivity index (χ1n) is 9.48. The lowest BCUT2D eigenvalue weighted by Gasteiger charge is -2.07. The maximum absolute atomic E-state index is 6.04. The number of rotatable bonds is 6. The van der Waals surface area contributed by atoms with Crippen LogP contribution in [0.1, 0.15) is 16.7 Å². The Morgan fingerprint density at radius 1 is 1.03 bits per heavy atom. The maximum Gasteiger partial charge on any atom is 0.176 e. The number of hydrogen-bond donors (Lipinski definition) is 2. The van der Waals surface area contributed by atoms with Crippen LogP contribution in [0.4, 0.5) is 11.5 Å². The van der Waals surface area contributed by atoms with E-state index in [0.29, 0.717) is 29.0 Å². The molecule has 0 radical (unpaired) electrons. The van der Waals surface area contributed by atoms with Crippen molar-refractivity contribution in [1.29, 1.82) is 0 Å². The van der Waals surface area contributed by atoms with E-state index < -0.39 is 0 Å². The molecular formula is C22H21ClN6S. The molecule has 0 unspecified atom stereocenters. The second-order valence-electron chi connectivity index (χ2n) is 6.96. The number of nitrogens with one attached hydrogen (secondary N) is 2. The van der Waals surface area contributed by atoms with Crippen LogP contribution in [-0.4, -0.2) is 24.7 Å². The van der Waals surface area contributed by atoms with Crippen LogP contribution in [0.25, 0.3) is 0 Å². The van der Waals surface area contributed by atoms with Crippen LogP contribution in [0.5, 0.6) is 0 Å². The zero-order valence-corrected chi connectivity index (χ0v) is 18.0. The van der Waals surface area contributed by atoms with Crippen LogP contribution >= 0.6 is 23.8 Å². The Bertz CT molecular complexity index is 1170. The quantitative estimate of drug-likeness (QED) is 0.419. The smallest absolute Gasteiger partial charge is 0.176 e. The Kier molecular flexibility index (Phi) is 6.11. The van der Waals surface area contributed by atoms with E-state index in [9.17, 15) is 0 Å². The third-order valence-electron chi connectivity index (χ3n) is 4.60. The first-order chi connectivity index (χ1) is 14.5. The molecule has 30 heavy (non-hydrogen) atoms. The summed E-state index contributed by atoms with van der Waals surface area (Å²) in [5, 5.41) is 16.3. The Balaban J connectivity index is 1.32. The van der Waals surface area contributed by atoms with Gasteiger partial charge < -0.3 is 10.6 Å². The summed E-state index contributed by atoms with van der Waals surface area (Å²) < 4.78 is 3.71. The minimum atomic E-state index is 0.457. The lowest BCUT2D eigenvalue weighted by Crippen LogP contribution is -2.19. The molecule has 0 aliphatic rings. The van der Waals surface area contributed by atoms with E-state index in [-0.39, 0.29) is 0 Å². The van der Waals surface area contributed by atoms with E-state index in [1.54, 1.807) is 6.20 Å². The number of benzene rings is 2. The minimum absolute atomic E-state index is 0.457. The molecule has 8 heteroatoms. The highest BCUT2D eigenvalue weighted by atomic mass is 35.5. The summed E-state index contributed by atoms with van der Waals surface area (Å²) in [6, 6.07) is 17.9. The standard InChI is InChI=1S/C22H21ClN6S/c1-16-5-2-3-7-18(16)14-29-15-20(12-24-29)25-22(30)26-21-9-10-28(27-21)13-17-6-4-8-19(23)11-17/h2-12,15H,13-14H2,1H3,(H2,25,26,27,30). The molecule has 4 aromatic rings. The van der Waals surface area contributed by atoms with Gasteiger partial charge in [-0.15, -0.1) is 0 Å². The average molecular weight is 437 g/mol. The molecule has 0 bridgehead atoms. The fraction of sp³-hybridized carbons (Fsp3) is 0.136. The first kappa shape index (κ1) is 20.1. The fourth-order valence-corrected chi connectivity index (χ4v) is 3.53. The zero-order valence-electron chi connectivity index (χ0n) is 16.4. The molecule has 0 saturated heterocycles. The van der Waals surface area contributed by atoms with E-state index in [2.05, 4.69) is 39.9 Å². The third-order valence-corrected chi connectivity index (χ3v) is 5.04. The molecule has 0 aliphatic carbocycles. The van der Waals surface area contributed by atoms with Crippen molar-refractivity contribution in [2.24, 2.45) is 0 Å². The molecule has 4 rings (SSSR count). The largest absolute Gasteiger partial charge is 0.330 e. The van der Waals surface area contributed by atoms with E-state index in [0.717, 1.165) is 11.3 Å². The van der Waals surface area contributed by atoms with Gasteiger partial charge in [-0.05, 0) is 48.0 Å². The van der Waals surface area contributed by atoms with Gasteiger partial charge >= 0.3 is 0 Å². The molecular weight excluding hydrogens is 416 g/mol. The predicted octanol–water partition coefficient (Wildman–Crippen LogP) is 4.95. The Morgan fingerprint density at radius 2 is 1.90 bits per heavy atom. The molecule has 0 atom stereocenters. The number of thiocarbonyl (C=S) groups is 1. The molecule has 152 valence electrons. The molecule has 0 amide bonds. The van der Waals surface area contributed by atoms with Crippen LogP contribution < -0.4 is 10.6 Å². The number of anilines is 2. The molecule has 0 aliphatic heterocycles. The van der Waals surface area contributed by atoms with Gasteiger partial charge in [0.1, 0.15) is 0 Å². The number of hydrogen-bond acceptors (Lipinski definition) is 3. The maximum atomic E-state index is 6.04. The first-order valence-corrected chi connectivity index (χ1v) is 10.3. The van der Waals surface area contributed by atoms with Crippen molar-refractivity contribution in [1.82, 2.24) is 19.6 Å². The Hall–Kier alpha value is -3.16. The lowest BCUT2D eigenvalue weighted by molar-refractivity contribution is 0.684. The molecule has 2 heterocycles. The van der Waals surface area contributed by atoms with E-state index in [4.69, 9.17) is 23.8 Å². The summed E-state index contributed by atoms with van der Waals surface area (Å²) in [5.41, 5.74) is 4.38. The molecule has 2 N–H and O–H groups in total. The monoisotopic (exact) mass is 436 g/mol. The summed E-state index contributed by atoms with van der Waals surface area (Å²) in [5.74, 6) is 0.668. The van der Waals surface area contributed by atoms with Crippen LogP contribution in [-0.2, 0) is 13.1 Å². The van der Waals surface area contributed by atoms with Crippen molar-refractivity contribution in [2.45, 2.75) is 20.0 Å². The fourth-order valence-electron chi connectivity index (χ4n) is 3.09. The highest BCUT2D eigenvalue weighted by Gasteiger charge is 2.06. The minimum Gasteiger partial charge on any atom is -0.330 e. The number of nitrogens with zero attached hydrogens (tertiary/aromatic N) is 4. The molecule has 6 nitrogen and oxygen atoms in total. The molecule has 2 aromatic carbocycles. The van der Waals surface area contributed by atoms with E-state index >= 15 is 0 Å². The highest BCUT2D eigenvalue weighted by Crippen LogP contribution is 2.14. The SMILES string of the molecule is Cc1ccccc1Cn1cc(NC(=S)Nc2ccn(Cc3cccc(Cl)c3)n2)cn1. The van der Waals surface area contributed by atoms with E-state index in [1.165, 1.54) is 11.1 Å². The zero-order chi connectivity index (χ0) is 20.9. The van der Waals surface area contributed by atoms with Gasteiger partial charge in [-0.3, -0.25) is 9.36 Å². The van der Waals surface area contributed by atoms with Crippen molar-refractivity contribution in [2.75, 3.05) is 10.6 Å². The van der Waals surface area contributed by atoms with Crippen molar-refractivity contribution in [3.63, 3.8) is 0 Å². The molecule has 0 saturated carbocycles. The topological polar surface area (TPSA) is 59.7 Å². The Labute approximate surface area is 185 Å². The van der Waals surface area contributed by atoms with Crippen LogP contribution in [0, 0.1) is 6.92 Å². The second-order valence-corrected chi connectivity index (χ2v) is 7.81. The van der Waals surface area contributed by atoms with Crippen LogP contribution in [0.2, 0.25) is 5.02 Å². The molecule has 0 fully saturated rings. The van der Waals surface area contributed by atoms with Gasteiger partial charge in [0, 0.05) is 23.5 Å². The number of aromatic nitrogens is 4. The van der Waals surface area contributed by atoms with Gasteiger partial charge in [-0.25, -0.2) is 0 Å². The summed E-state index contributed by atoms with van der Waals surface area (Å²) in [6.07, 6.45) is 5.58. The molecule has 2 aromatic heterocycles. The van der Waals surface area contributed by atoms with Crippen molar-refractivity contribution >= 4 is 40.4 Å². The van der Waals surface area contributed by atoms with Gasteiger partial charge in [0.15, 0.2) is 10.9 Å². The van der Waals surface area contributed by atoms with Crippen molar-refractivity contribution in [3.8, 4) is 0 Å². The van der Waals surface area contributed by atoms with Gasteiger partial charge in [0.2, 0.25) is 0 Å². The second kappa shape index (κ2) is 9.11. The highest BCUT2D eigenvalue weighted by molar-refractivity contribution is 7.80. The van der Waals surface area contributed by atoms with Crippen molar-refractivity contribution in [3.05, 3.63) is 94.9 Å².